The zero-order valence-corrected chi connectivity index (χ0v) is 9.86. The van der Waals surface area contributed by atoms with Crippen LogP contribution in [0.3, 0.4) is 0 Å². The van der Waals surface area contributed by atoms with Gasteiger partial charge in [-0.3, -0.25) is 0 Å². The van der Waals surface area contributed by atoms with Gasteiger partial charge in [0.25, 0.3) is 0 Å². The predicted octanol–water partition coefficient (Wildman–Crippen LogP) is 0.966. The lowest BCUT2D eigenvalue weighted by molar-refractivity contribution is -0.143. The first-order valence-corrected chi connectivity index (χ1v) is 4.74. The number of ether oxygens (including phenoxy) is 2. The van der Waals surface area contributed by atoms with Gasteiger partial charge in [0.1, 0.15) is 11.6 Å². The first-order chi connectivity index (χ1) is 7.30. The van der Waals surface area contributed by atoms with Crippen molar-refractivity contribution < 1.29 is 19.1 Å². The largest absolute Gasteiger partial charge is 0.467 e. The molecule has 0 saturated heterocycles. The highest BCUT2D eigenvalue weighted by Gasteiger charge is 2.24. The summed E-state index contributed by atoms with van der Waals surface area (Å²) in [7, 11) is 1.18. The number of nitrogens with one attached hydrogen (secondary N) is 1. The van der Waals surface area contributed by atoms with Crippen LogP contribution in [0.2, 0.25) is 0 Å². The first-order valence-electron chi connectivity index (χ1n) is 4.74. The standard InChI is InChI=1S/C10H16N2O4/c1-10(2,3)16-9(14)12-7(5-6-11)8(13)15-4/h7H,5H2,1-4H3,(H,12,14). The van der Waals surface area contributed by atoms with Crippen LogP contribution in [0.4, 0.5) is 4.79 Å². The molecule has 0 heterocycles. The molecule has 1 unspecified atom stereocenters. The molecule has 0 aromatic rings. The van der Waals surface area contributed by atoms with Gasteiger partial charge in [-0.15, -0.1) is 0 Å². The Morgan fingerprint density at radius 1 is 1.44 bits per heavy atom. The van der Waals surface area contributed by atoms with E-state index >= 15 is 0 Å². The molecule has 6 heteroatoms. The summed E-state index contributed by atoms with van der Waals surface area (Å²) in [5, 5.41) is 10.7. The van der Waals surface area contributed by atoms with E-state index in [2.05, 4.69) is 10.1 Å². The van der Waals surface area contributed by atoms with Gasteiger partial charge in [0.2, 0.25) is 0 Å². The summed E-state index contributed by atoms with van der Waals surface area (Å²) in [6, 6.07) is 0.785. The zero-order valence-electron chi connectivity index (χ0n) is 9.86. The van der Waals surface area contributed by atoms with Crippen LogP contribution in [0.5, 0.6) is 0 Å². The molecule has 90 valence electrons. The minimum atomic E-state index is -0.996. The number of esters is 1. The second-order valence-electron chi connectivity index (χ2n) is 4.08. The second-order valence-corrected chi connectivity index (χ2v) is 4.08. The number of alkyl carbamates (subject to hydrolysis) is 1. The normalized spacial score (nSPS) is 12.2. The molecule has 0 fully saturated rings. The molecular weight excluding hydrogens is 212 g/mol. The van der Waals surface area contributed by atoms with Crippen molar-refractivity contribution in [1.82, 2.24) is 5.32 Å². The fraction of sp³-hybridized carbons (Fsp3) is 0.700. The van der Waals surface area contributed by atoms with Gasteiger partial charge in [0.15, 0.2) is 0 Å². The van der Waals surface area contributed by atoms with E-state index < -0.39 is 23.7 Å². The number of methoxy groups -OCH3 is 1. The maximum Gasteiger partial charge on any atom is 0.408 e. The SMILES string of the molecule is COC(=O)C(CC#N)NC(=O)OC(C)(C)C. The summed E-state index contributed by atoms with van der Waals surface area (Å²) in [4.78, 5) is 22.5. The van der Waals surface area contributed by atoms with Crippen molar-refractivity contribution in [2.24, 2.45) is 0 Å². The Labute approximate surface area is 94.5 Å². The third-order valence-electron chi connectivity index (χ3n) is 1.47. The van der Waals surface area contributed by atoms with Crippen molar-refractivity contribution in [3.63, 3.8) is 0 Å². The summed E-state index contributed by atoms with van der Waals surface area (Å²) in [5.74, 6) is -0.674. The Morgan fingerprint density at radius 2 is 2.00 bits per heavy atom. The first kappa shape index (κ1) is 14.2. The molecule has 1 N–H and O–H groups in total. The molecule has 1 atom stereocenters. The van der Waals surface area contributed by atoms with Crippen LogP contribution in [0.1, 0.15) is 27.2 Å². The molecular formula is C10H16N2O4. The molecule has 0 saturated carbocycles. The Bertz CT molecular complexity index is 301. The number of carbonyl (C=O) groups excluding carboxylic acids is 2. The van der Waals surface area contributed by atoms with Gasteiger partial charge in [0.05, 0.1) is 19.6 Å². The van der Waals surface area contributed by atoms with E-state index in [9.17, 15) is 9.59 Å². The number of amides is 1. The smallest absolute Gasteiger partial charge is 0.408 e. The average molecular weight is 228 g/mol. The third-order valence-corrected chi connectivity index (χ3v) is 1.47. The summed E-state index contributed by atoms with van der Waals surface area (Å²) >= 11 is 0. The number of rotatable bonds is 3. The highest BCUT2D eigenvalue weighted by Crippen LogP contribution is 2.07. The van der Waals surface area contributed by atoms with Crippen molar-refractivity contribution in [1.29, 1.82) is 5.26 Å². The maximum atomic E-state index is 11.3. The fourth-order valence-electron chi connectivity index (χ4n) is 0.877. The topological polar surface area (TPSA) is 88.4 Å². The van der Waals surface area contributed by atoms with E-state index in [0.717, 1.165) is 0 Å². The number of hydrogen-bond donors (Lipinski definition) is 1. The zero-order chi connectivity index (χ0) is 12.8. The molecule has 0 aromatic carbocycles. The Hall–Kier alpha value is -1.77. The Kier molecular flexibility index (Phi) is 5.30. The third kappa shape index (κ3) is 5.86. The molecule has 0 aliphatic carbocycles. The van der Waals surface area contributed by atoms with E-state index in [4.69, 9.17) is 10.00 Å². The van der Waals surface area contributed by atoms with Crippen molar-refractivity contribution in [2.45, 2.75) is 38.8 Å². The van der Waals surface area contributed by atoms with Crippen LogP contribution in [0.15, 0.2) is 0 Å². The van der Waals surface area contributed by atoms with Gasteiger partial charge in [-0.05, 0) is 20.8 Å². The average Bonchev–Trinajstić information content (AvgIpc) is 2.13. The number of carbonyl (C=O) groups is 2. The molecule has 0 radical (unpaired) electrons. The van der Waals surface area contributed by atoms with E-state index in [-0.39, 0.29) is 6.42 Å². The second kappa shape index (κ2) is 5.95. The van der Waals surface area contributed by atoms with Crippen LogP contribution in [-0.4, -0.2) is 30.8 Å². The van der Waals surface area contributed by atoms with Crippen LogP contribution in [0.25, 0.3) is 0 Å². The molecule has 0 rings (SSSR count). The molecule has 1 amide bonds. The molecule has 0 aliphatic heterocycles. The fourth-order valence-corrected chi connectivity index (χ4v) is 0.877. The number of hydrogen-bond acceptors (Lipinski definition) is 5. The monoisotopic (exact) mass is 228 g/mol. The summed E-state index contributed by atoms with van der Waals surface area (Å²) in [6.07, 6.45) is -0.913. The lowest BCUT2D eigenvalue weighted by Gasteiger charge is -2.21. The predicted molar refractivity (Wildman–Crippen MR) is 55.4 cm³/mol. The molecule has 0 spiro atoms. The summed E-state index contributed by atoms with van der Waals surface area (Å²) in [6.45, 7) is 5.10. The van der Waals surface area contributed by atoms with Gasteiger partial charge in [-0.2, -0.15) is 5.26 Å². The van der Waals surface area contributed by atoms with Gasteiger partial charge in [-0.25, -0.2) is 9.59 Å². The molecule has 0 bridgehead atoms. The lowest BCUT2D eigenvalue weighted by atomic mass is 10.2. The minimum absolute atomic E-state index is 0.161. The molecule has 0 aliphatic rings. The lowest BCUT2D eigenvalue weighted by Crippen LogP contribution is -2.43. The van der Waals surface area contributed by atoms with Crippen molar-refractivity contribution in [3.8, 4) is 6.07 Å². The van der Waals surface area contributed by atoms with Crippen molar-refractivity contribution in [2.75, 3.05) is 7.11 Å². The minimum Gasteiger partial charge on any atom is -0.467 e. The summed E-state index contributed by atoms with van der Waals surface area (Å²) < 4.78 is 9.38. The van der Waals surface area contributed by atoms with E-state index in [1.54, 1.807) is 26.8 Å². The molecule has 0 aromatic heterocycles. The van der Waals surface area contributed by atoms with Crippen molar-refractivity contribution in [3.05, 3.63) is 0 Å². The van der Waals surface area contributed by atoms with Crippen LogP contribution < -0.4 is 5.32 Å². The highest BCUT2D eigenvalue weighted by molar-refractivity contribution is 5.81. The number of nitriles is 1. The van der Waals surface area contributed by atoms with Crippen LogP contribution in [0, 0.1) is 11.3 Å². The quantitative estimate of drug-likeness (QED) is 0.727. The summed E-state index contributed by atoms with van der Waals surface area (Å²) in [5.41, 5.74) is -0.655. The molecule has 16 heavy (non-hydrogen) atoms. The van der Waals surface area contributed by atoms with Gasteiger partial charge < -0.3 is 14.8 Å². The van der Waals surface area contributed by atoms with Gasteiger partial charge >= 0.3 is 12.1 Å². The van der Waals surface area contributed by atoms with E-state index in [1.807, 2.05) is 0 Å². The van der Waals surface area contributed by atoms with E-state index in [0.29, 0.717) is 0 Å². The molecule has 6 nitrogen and oxygen atoms in total. The van der Waals surface area contributed by atoms with Gasteiger partial charge in [0, 0.05) is 0 Å². The highest BCUT2D eigenvalue weighted by atomic mass is 16.6. The van der Waals surface area contributed by atoms with Crippen molar-refractivity contribution >= 4 is 12.1 Å². The Balaban J connectivity index is 4.36. The van der Waals surface area contributed by atoms with E-state index in [1.165, 1.54) is 7.11 Å². The van der Waals surface area contributed by atoms with Crippen LogP contribution in [-0.2, 0) is 14.3 Å². The van der Waals surface area contributed by atoms with Gasteiger partial charge in [-0.1, -0.05) is 0 Å². The van der Waals surface area contributed by atoms with Crippen LogP contribution >= 0.6 is 0 Å². The Morgan fingerprint density at radius 3 is 2.38 bits per heavy atom. The maximum absolute atomic E-state index is 11.3. The number of nitrogens with zero attached hydrogens (tertiary/aromatic N) is 1.